The lowest BCUT2D eigenvalue weighted by molar-refractivity contribution is 0.504. The first-order valence-corrected chi connectivity index (χ1v) is 4.86. The van der Waals surface area contributed by atoms with Crippen LogP contribution in [0, 0.1) is 0 Å². The second kappa shape index (κ2) is 5.70. The molecule has 0 amide bonds. The molecule has 4 nitrogen and oxygen atoms in total. The van der Waals surface area contributed by atoms with Crippen LogP contribution in [0.3, 0.4) is 0 Å². The summed E-state index contributed by atoms with van der Waals surface area (Å²) in [7, 11) is 0. The molecule has 0 saturated carbocycles. The van der Waals surface area contributed by atoms with E-state index in [0.29, 0.717) is 6.04 Å². The SMILES string of the molecule is CC(C)NCCCCn1ccnn1. The van der Waals surface area contributed by atoms with E-state index in [9.17, 15) is 0 Å². The third-order valence-electron chi connectivity index (χ3n) is 1.84. The van der Waals surface area contributed by atoms with Gasteiger partial charge >= 0.3 is 0 Å². The Bertz CT molecular complexity index is 205. The Hall–Kier alpha value is -0.900. The molecule has 13 heavy (non-hydrogen) atoms. The van der Waals surface area contributed by atoms with Gasteiger partial charge in [-0.05, 0) is 19.4 Å². The van der Waals surface area contributed by atoms with Gasteiger partial charge in [0.05, 0.1) is 6.20 Å². The van der Waals surface area contributed by atoms with Gasteiger partial charge in [0.25, 0.3) is 0 Å². The van der Waals surface area contributed by atoms with Gasteiger partial charge in [-0.2, -0.15) is 0 Å². The Balaban J connectivity index is 1.96. The number of aromatic nitrogens is 3. The molecule has 0 aliphatic rings. The molecule has 1 heterocycles. The van der Waals surface area contributed by atoms with Crippen LogP contribution in [0.1, 0.15) is 26.7 Å². The van der Waals surface area contributed by atoms with Crippen molar-refractivity contribution in [3.63, 3.8) is 0 Å². The largest absolute Gasteiger partial charge is 0.315 e. The summed E-state index contributed by atoms with van der Waals surface area (Å²) in [5.41, 5.74) is 0. The number of hydrogen-bond donors (Lipinski definition) is 1. The summed E-state index contributed by atoms with van der Waals surface area (Å²) in [6, 6.07) is 0.589. The Morgan fingerprint density at radius 1 is 1.38 bits per heavy atom. The second-order valence-corrected chi connectivity index (χ2v) is 3.48. The van der Waals surface area contributed by atoms with Crippen molar-refractivity contribution in [2.24, 2.45) is 0 Å². The highest BCUT2D eigenvalue weighted by Crippen LogP contribution is 1.92. The van der Waals surface area contributed by atoms with Crippen molar-refractivity contribution in [1.82, 2.24) is 20.3 Å². The maximum atomic E-state index is 3.90. The number of rotatable bonds is 6. The van der Waals surface area contributed by atoms with Crippen molar-refractivity contribution in [3.8, 4) is 0 Å². The summed E-state index contributed by atoms with van der Waals surface area (Å²) >= 11 is 0. The summed E-state index contributed by atoms with van der Waals surface area (Å²) in [6.45, 7) is 6.39. The molecule has 74 valence electrons. The highest BCUT2D eigenvalue weighted by Gasteiger charge is 1.93. The predicted molar refractivity (Wildman–Crippen MR) is 52.4 cm³/mol. The molecule has 0 aliphatic heterocycles. The van der Waals surface area contributed by atoms with Crippen LogP contribution in [0.4, 0.5) is 0 Å². The Labute approximate surface area is 79.3 Å². The van der Waals surface area contributed by atoms with Crippen LogP contribution in [0.5, 0.6) is 0 Å². The minimum atomic E-state index is 0.589. The Kier molecular flexibility index (Phi) is 4.46. The number of aryl methyl sites for hydroxylation is 1. The van der Waals surface area contributed by atoms with Crippen LogP contribution >= 0.6 is 0 Å². The number of unbranched alkanes of at least 4 members (excludes halogenated alkanes) is 1. The lowest BCUT2D eigenvalue weighted by atomic mass is 10.3. The fourth-order valence-corrected chi connectivity index (χ4v) is 1.14. The smallest absolute Gasteiger partial charge is 0.0692 e. The summed E-state index contributed by atoms with van der Waals surface area (Å²) in [5, 5.41) is 11.0. The van der Waals surface area contributed by atoms with Crippen LogP contribution in [-0.2, 0) is 6.54 Å². The Morgan fingerprint density at radius 3 is 2.85 bits per heavy atom. The molecule has 0 aromatic carbocycles. The zero-order valence-corrected chi connectivity index (χ0v) is 8.40. The van der Waals surface area contributed by atoms with Crippen LogP contribution in [-0.4, -0.2) is 27.6 Å². The number of nitrogens with one attached hydrogen (secondary N) is 1. The van der Waals surface area contributed by atoms with Crippen LogP contribution in [0.2, 0.25) is 0 Å². The molecule has 0 spiro atoms. The van der Waals surface area contributed by atoms with Gasteiger partial charge in [-0.15, -0.1) is 5.10 Å². The molecule has 0 radical (unpaired) electrons. The maximum absolute atomic E-state index is 3.90. The van der Waals surface area contributed by atoms with Crippen molar-refractivity contribution < 1.29 is 0 Å². The number of hydrogen-bond acceptors (Lipinski definition) is 3. The quantitative estimate of drug-likeness (QED) is 0.669. The normalized spacial score (nSPS) is 11.0. The average Bonchev–Trinajstić information content (AvgIpc) is 2.55. The van der Waals surface area contributed by atoms with Crippen molar-refractivity contribution in [1.29, 1.82) is 0 Å². The van der Waals surface area contributed by atoms with E-state index in [2.05, 4.69) is 29.5 Å². The van der Waals surface area contributed by atoms with Crippen molar-refractivity contribution in [3.05, 3.63) is 12.4 Å². The first-order valence-electron chi connectivity index (χ1n) is 4.86. The highest BCUT2D eigenvalue weighted by atomic mass is 15.4. The van der Waals surface area contributed by atoms with Crippen molar-refractivity contribution in [2.45, 2.75) is 39.3 Å². The molecule has 0 saturated heterocycles. The van der Waals surface area contributed by atoms with Gasteiger partial charge in [-0.1, -0.05) is 19.1 Å². The van der Waals surface area contributed by atoms with Crippen molar-refractivity contribution in [2.75, 3.05) is 6.54 Å². The average molecular weight is 182 g/mol. The second-order valence-electron chi connectivity index (χ2n) is 3.48. The zero-order chi connectivity index (χ0) is 9.52. The molecule has 1 aromatic heterocycles. The summed E-state index contributed by atoms with van der Waals surface area (Å²) in [4.78, 5) is 0. The molecule has 0 fully saturated rings. The topological polar surface area (TPSA) is 42.7 Å². The maximum Gasteiger partial charge on any atom is 0.0692 e. The first-order chi connectivity index (χ1) is 6.29. The fraction of sp³-hybridized carbons (Fsp3) is 0.778. The first kappa shape index (κ1) is 10.2. The zero-order valence-electron chi connectivity index (χ0n) is 8.40. The standard InChI is InChI=1S/C9H18N4/c1-9(2)10-5-3-4-7-13-8-6-11-12-13/h6,8-10H,3-5,7H2,1-2H3. The van der Waals surface area contributed by atoms with E-state index in [0.717, 1.165) is 19.5 Å². The van der Waals surface area contributed by atoms with Gasteiger partial charge in [0.2, 0.25) is 0 Å². The van der Waals surface area contributed by atoms with Crippen LogP contribution in [0.15, 0.2) is 12.4 Å². The van der Waals surface area contributed by atoms with E-state index in [1.54, 1.807) is 6.20 Å². The third-order valence-corrected chi connectivity index (χ3v) is 1.84. The van der Waals surface area contributed by atoms with Gasteiger partial charge in [-0.3, -0.25) is 4.68 Å². The van der Waals surface area contributed by atoms with Gasteiger partial charge in [0.15, 0.2) is 0 Å². The van der Waals surface area contributed by atoms with E-state index >= 15 is 0 Å². The molecule has 0 bridgehead atoms. The lowest BCUT2D eigenvalue weighted by Gasteiger charge is -2.06. The van der Waals surface area contributed by atoms with Gasteiger partial charge in [0.1, 0.15) is 0 Å². The molecule has 1 aromatic rings. The van der Waals surface area contributed by atoms with Crippen LogP contribution in [0.25, 0.3) is 0 Å². The lowest BCUT2D eigenvalue weighted by Crippen LogP contribution is -2.23. The summed E-state index contributed by atoms with van der Waals surface area (Å²) in [5.74, 6) is 0. The van der Waals surface area contributed by atoms with Gasteiger partial charge in [-0.25, -0.2) is 0 Å². The number of nitrogens with zero attached hydrogens (tertiary/aromatic N) is 3. The minimum Gasteiger partial charge on any atom is -0.315 e. The molecule has 1 rings (SSSR count). The molecular weight excluding hydrogens is 164 g/mol. The molecule has 0 unspecified atom stereocenters. The molecule has 4 heteroatoms. The predicted octanol–water partition coefficient (Wildman–Crippen LogP) is 1.06. The van der Waals surface area contributed by atoms with E-state index < -0.39 is 0 Å². The van der Waals surface area contributed by atoms with Gasteiger partial charge < -0.3 is 5.32 Å². The summed E-state index contributed by atoms with van der Waals surface area (Å²) in [6.07, 6.45) is 5.96. The van der Waals surface area contributed by atoms with Crippen LogP contribution < -0.4 is 5.32 Å². The van der Waals surface area contributed by atoms with Gasteiger partial charge in [0, 0.05) is 18.8 Å². The Morgan fingerprint density at radius 2 is 2.23 bits per heavy atom. The summed E-state index contributed by atoms with van der Waals surface area (Å²) < 4.78 is 1.87. The monoisotopic (exact) mass is 182 g/mol. The molecule has 0 aliphatic carbocycles. The van der Waals surface area contributed by atoms with E-state index in [1.807, 2.05) is 10.9 Å². The van der Waals surface area contributed by atoms with E-state index in [-0.39, 0.29) is 0 Å². The van der Waals surface area contributed by atoms with Crippen molar-refractivity contribution >= 4 is 0 Å². The molecular formula is C9H18N4. The fourth-order valence-electron chi connectivity index (χ4n) is 1.14. The highest BCUT2D eigenvalue weighted by molar-refractivity contribution is 4.63. The molecule has 0 atom stereocenters. The van der Waals surface area contributed by atoms with E-state index in [4.69, 9.17) is 0 Å². The third kappa shape index (κ3) is 4.62. The molecule has 1 N–H and O–H groups in total. The van der Waals surface area contributed by atoms with E-state index in [1.165, 1.54) is 6.42 Å². The minimum absolute atomic E-state index is 0.589.